The molecular formula is C24H20BrNO5. The zero-order valence-electron chi connectivity index (χ0n) is 16.7. The highest BCUT2D eigenvalue weighted by molar-refractivity contribution is 9.10. The van der Waals surface area contributed by atoms with Gasteiger partial charge in [0, 0.05) is 21.8 Å². The highest BCUT2D eigenvalue weighted by atomic mass is 79.9. The Hall–Kier alpha value is -3.32. The lowest BCUT2D eigenvalue weighted by atomic mass is 9.99. The van der Waals surface area contributed by atoms with E-state index in [9.17, 15) is 14.7 Å². The number of carbonyl (C=O) groups excluding carboxylic acids is 2. The number of hydrogen-bond acceptors (Lipinski definition) is 5. The Bertz CT molecular complexity index is 1140. The number of halogens is 1. The van der Waals surface area contributed by atoms with Gasteiger partial charge < -0.3 is 14.3 Å². The molecule has 1 aromatic heterocycles. The second-order valence-electron chi connectivity index (χ2n) is 7.04. The van der Waals surface area contributed by atoms with Gasteiger partial charge in [0.25, 0.3) is 11.7 Å². The molecule has 7 heteroatoms. The lowest BCUT2D eigenvalue weighted by Gasteiger charge is -2.23. The summed E-state index contributed by atoms with van der Waals surface area (Å²) in [6, 6.07) is 16.3. The van der Waals surface area contributed by atoms with E-state index in [0.29, 0.717) is 29.4 Å². The van der Waals surface area contributed by atoms with Gasteiger partial charge in [0.1, 0.15) is 23.3 Å². The van der Waals surface area contributed by atoms with Crippen LogP contribution in [0.25, 0.3) is 5.76 Å². The molecule has 158 valence electrons. The summed E-state index contributed by atoms with van der Waals surface area (Å²) in [5.74, 6) is -0.812. The number of furan rings is 1. The van der Waals surface area contributed by atoms with Crippen LogP contribution in [0.5, 0.6) is 5.75 Å². The van der Waals surface area contributed by atoms with Gasteiger partial charge >= 0.3 is 0 Å². The molecule has 4 rings (SSSR count). The van der Waals surface area contributed by atoms with Crippen LogP contribution in [-0.4, -0.2) is 23.4 Å². The molecular weight excluding hydrogens is 462 g/mol. The van der Waals surface area contributed by atoms with E-state index >= 15 is 0 Å². The molecule has 1 amide bonds. The van der Waals surface area contributed by atoms with E-state index < -0.39 is 17.7 Å². The van der Waals surface area contributed by atoms with Crippen LogP contribution in [0, 0.1) is 0 Å². The summed E-state index contributed by atoms with van der Waals surface area (Å²) in [7, 11) is 0. The minimum Gasteiger partial charge on any atom is -0.507 e. The molecule has 1 saturated heterocycles. The summed E-state index contributed by atoms with van der Waals surface area (Å²) in [6.07, 6.45) is 2.31. The van der Waals surface area contributed by atoms with Gasteiger partial charge in [0.15, 0.2) is 0 Å². The number of nitrogens with zero attached hydrogens (tertiary/aromatic N) is 1. The van der Waals surface area contributed by atoms with Crippen LogP contribution >= 0.6 is 15.9 Å². The molecule has 6 nitrogen and oxygen atoms in total. The zero-order valence-corrected chi connectivity index (χ0v) is 18.3. The Kier molecular flexibility index (Phi) is 5.95. The van der Waals surface area contributed by atoms with Crippen molar-refractivity contribution < 1.29 is 23.8 Å². The molecule has 1 atom stereocenters. The molecule has 1 N–H and O–H groups in total. The molecule has 1 fully saturated rings. The van der Waals surface area contributed by atoms with Crippen LogP contribution in [0.2, 0.25) is 0 Å². The van der Waals surface area contributed by atoms with Gasteiger partial charge in [-0.15, -0.1) is 0 Å². The first-order valence-electron chi connectivity index (χ1n) is 9.84. The van der Waals surface area contributed by atoms with Crippen molar-refractivity contribution >= 4 is 39.1 Å². The fourth-order valence-corrected chi connectivity index (χ4v) is 3.79. The average molecular weight is 482 g/mol. The normalized spacial score (nSPS) is 17.9. The molecule has 2 heterocycles. The first-order valence-corrected chi connectivity index (χ1v) is 10.6. The Morgan fingerprint density at radius 1 is 1.13 bits per heavy atom. The lowest BCUT2D eigenvalue weighted by Crippen LogP contribution is -2.29. The number of ether oxygens (including phenoxy) is 1. The summed E-state index contributed by atoms with van der Waals surface area (Å²) < 4.78 is 12.1. The molecule has 1 aliphatic rings. The van der Waals surface area contributed by atoms with Crippen LogP contribution < -0.4 is 9.64 Å². The molecule has 3 aromatic rings. The van der Waals surface area contributed by atoms with Crippen molar-refractivity contribution in [1.29, 1.82) is 0 Å². The number of aliphatic hydroxyl groups is 1. The summed E-state index contributed by atoms with van der Waals surface area (Å²) in [5, 5.41) is 11.0. The molecule has 1 unspecified atom stereocenters. The van der Waals surface area contributed by atoms with Crippen LogP contribution in [0.15, 0.2) is 81.4 Å². The van der Waals surface area contributed by atoms with Crippen LogP contribution in [0.4, 0.5) is 5.69 Å². The lowest BCUT2D eigenvalue weighted by molar-refractivity contribution is -0.132. The minimum atomic E-state index is -0.903. The number of rotatable bonds is 6. The molecule has 0 saturated carbocycles. The Labute approximate surface area is 187 Å². The van der Waals surface area contributed by atoms with E-state index in [1.165, 1.54) is 11.2 Å². The van der Waals surface area contributed by atoms with Gasteiger partial charge in [0.2, 0.25) is 0 Å². The highest BCUT2D eigenvalue weighted by Gasteiger charge is 2.48. The van der Waals surface area contributed by atoms with Gasteiger partial charge in [-0.25, -0.2) is 0 Å². The SMILES string of the molecule is CCCOc1cccc(N2C(=O)C(=O)/C(=C(\O)c3ccc(Br)cc3)C2c2ccco2)c1. The number of carbonyl (C=O) groups is 2. The van der Waals surface area contributed by atoms with Crippen molar-refractivity contribution in [2.24, 2.45) is 0 Å². The van der Waals surface area contributed by atoms with Gasteiger partial charge in [-0.2, -0.15) is 0 Å². The maximum absolute atomic E-state index is 13.1. The second kappa shape index (κ2) is 8.81. The van der Waals surface area contributed by atoms with E-state index in [0.717, 1.165) is 10.9 Å². The first kappa shape index (κ1) is 20.9. The molecule has 0 radical (unpaired) electrons. The van der Waals surface area contributed by atoms with Crippen molar-refractivity contribution in [3.05, 3.63) is 88.3 Å². The van der Waals surface area contributed by atoms with Crippen molar-refractivity contribution in [3.63, 3.8) is 0 Å². The van der Waals surface area contributed by atoms with Crippen molar-refractivity contribution in [2.45, 2.75) is 19.4 Å². The number of aliphatic hydroxyl groups excluding tert-OH is 1. The largest absolute Gasteiger partial charge is 0.507 e. The van der Waals surface area contributed by atoms with Crippen LogP contribution in [0.3, 0.4) is 0 Å². The maximum Gasteiger partial charge on any atom is 0.300 e. The van der Waals surface area contributed by atoms with E-state index in [1.54, 1.807) is 60.7 Å². The number of ketones is 1. The first-order chi connectivity index (χ1) is 15.0. The van der Waals surface area contributed by atoms with Crippen molar-refractivity contribution in [3.8, 4) is 5.75 Å². The number of Topliss-reactive ketones (excluding diaryl/α,β-unsaturated/α-hetero) is 1. The molecule has 31 heavy (non-hydrogen) atoms. The maximum atomic E-state index is 13.1. The number of hydrogen-bond donors (Lipinski definition) is 1. The molecule has 0 aliphatic carbocycles. The fraction of sp³-hybridized carbons (Fsp3) is 0.167. The standard InChI is InChI=1S/C24H20BrNO5/c1-2-12-30-18-6-3-5-17(14-18)26-21(19-7-4-13-31-19)20(23(28)24(26)29)22(27)15-8-10-16(25)11-9-15/h3-11,13-14,21,27H,2,12H2,1H3/b22-20-. The summed E-state index contributed by atoms with van der Waals surface area (Å²) in [4.78, 5) is 27.5. The van der Waals surface area contributed by atoms with E-state index in [-0.39, 0.29) is 11.3 Å². The number of benzene rings is 2. The summed E-state index contributed by atoms with van der Waals surface area (Å²) in [5.41, 5.74) is 0.881. The van der Waals surface area contributed by atoms with Crippen LogP contribution in [-0.2, 0) is 9.59 Å². The zero-order chi connectivity index (χ0) is 22.0. The van der Waals surface area contributed by atoms with Gasteiger partial charge in [-0.05, 0) is 42.8 Å². The molecule has 0 bridgehead atoms. The third-order valence-corrected chi connectivity index (χ3v) is 5.47. The van der Waals surface area contributed by atoms with Crippen molar-refractivity contribution in [2.75, 3.05) is 11.5 Å². The topological polar surface area (TPSA) is 80.0 Å². The predicted molar refractivity (Wildman–Crippen MR) is 120 cm³/mol. The Morgan fingerprint density at radius 3 is 2.58 bits per heavy atom. The smallest absolute Gasteiger partial charge is 0.300 e. The van der Waals surface area contributed by atoms with Gasteiger partial charge in [-0.3, -0.25) is 14.5 Å². The van der Waals surface area contributed by atoms with Crippen LogP contribution in [0.1, 0.15) is 30.7 Å². The third-order valence-electron chi connectivity index (χ3n) is 4.94. The number of anilines is 1. The molecule has 2 aromatic carbocycles. The van der Waals surface area contributed by atoms with Crippen molar-refractivity contribution in [1.82, 2.24) is 0 Å². The highest BCUT2D eigenvalue weighted by Crippen LogP contribution is 2.43. The summed E-state index contributed by atoms with van der Waals surface area (Å²) in [6.45, 7) is 2.54. The van der Waals surface area contributed by atoms with E-state index in [2.05, 4.69) is 15.9 Å². The fourth-order valence-electron chi connectivity index (χ4n) is 3.52. The second-order valence-corrected chi connectivity index (χ2v) is 7.95. The Morgan fingerprint density at radius 2 is 1.90 bits per heavy atom. The Balaban J connectivity index is 1.85. The monoisotopic (exact) mass is 481 g/mol. The van der Waals surface area contributed by atoms with Gasteiger partial charge in [-0.1, -0.05) is 41.1 Å². The molecule has 1 aliphatic heterocycles. The summed E-state index contributed by atoms with van der Waals surface area (Å²) >= 11 is 3.35. The third kappa shape index (κ3) is 4.01. The minimum absolute atomic E-state index is 0.0258. The van der Waals surface area contributed by atoms with Gasteiger partial charge in [0.05, 0.1) is 18.4 Å². The quantitative estimate of drug-likeness (QED) is 0.287. The predicted octanol–water partition coefficient (Wildman–Crippen LogP) is 5.46. The van der Waals surface area contributed by atoms with E-state index in [1.807, 2.05) is 6.92 Å². The van der Waals surface area contributed by atoms with E-state index in [4.69, 9.17) is 9.15 Å². The molecule has 0 spiro atoms. The average Bonchev–Trinajstić information content (AvgIpc) is 3.39. The number of amides is 1.